The summed E-state index contributed by atoms with van der Waals surface area (Å²) in [6.45, 7) is 0.273. The fourth-order valence-corrected chi connectivity index (χ4v) is 4.96. The van der Waals surface area contributed by atoms with Gasteiger partial charge in [-0.05, 0) is 49.2 Å². The fourth-order valence-electron chi connectivity index (χ4n) is 3.16. The molecule has 0 radical (unpaired) electrons. The standard InChI is InChI=1S/C19H21ClN2O5S/c1-26-17-10-9-15(12-18(17)27-2)28(24,25)22-11-3-4-16(22)19(23)21-14-7-5-13(20)6-8-14/h5-10,12,16H,3-4,11H2,1-2H3,(H,21,23). The normalized spacial score (nSPS) is 17.3. The van der Waals surface area contributed by atoms with Gasteiger partial charge < -0.3 is 14.8 Å². The molecule has 1 fully saturated rings. The molecule has 1 heterocycles. The minimum Gasteiger partial charge on any atom is -0.493 e. The summed E-state index contributed by atoms with van der Waals surface area (Å²) in [5.74, 6) is 0.369. The molecule has 1 atom stereocenters. The number of nitrogens with one attached hydrogen (secondary N) is 1. The largest absolute Gasteiger partial charge is 0.493 e. The average molecular weight is 425 g/mol. The highest BCUT2D eigenvalue weighted by molar-refractivity contribution is 7.89. The number of ether oxygens (including phenoxy) is 2. The lowest BCUT2D eigenvalue weighted by molar-refractivity contribution is -0.119. The summed E-state index contributed by atoms with van der Waals surface area (Å²) in [7, 11) is -0.961. The number of amides is 1. The van der Waals surface area contributed by atoms with Crippen LogP contribution in [-0.4, -0.2) is 45.4 Å². The summed E-state index contributed by atoms with van der Waals surface area (Å²) in [4.78, 5) is 12.8. The number of nitrogens with zero attached hydrogens (tertiary/aromatic N) is 1. The van der Waals surface area contributed by atoms with Crippen LogP contribution < -0.4 is 14.8 Å². The van der Waals surface area contributed by atoms with Crippen LogP contribution in [0.1, 0.15) is 12.8 Å². The van der Waals surface area contributed by atoms with Crippen molar-refractivity contribution >= 4 is 33.2 Å². The van der Waals surface area contributed by atoms with Gasteiger partial charge in [-0.3, -0.25) is 4.79 Å². The first-order valence-corrected chi connectivity index (χ1v) is 10.5. The summed E-state index contributed by atoms with van der Waals surface area (Å²) in [6.07, 6.45) is 1.05. The first-order valence-electron chi connectivity index (χ1n) is 8.67. The highest BCUT2D eigenvalue weighted by Gasteiger charge is 2.39. The van der Waals surface area contributed by atoms with Crippen LogP contribution in [0.2, 0.25) is 5.02 Å². The van der Waals surface area contributed by atoms with E-state index in [1.165, 1.54) is 36.7 Å². The van der Waals surface area contributed by atoms with Crippen LogP contribution in [0.25, 0.3) is 0 Å². The molecule has 7 nitrogen and oxygen atoms in total. The lowest BCUT2D eigenvalue weighted by atomic mass is 10.2. The zero-order valence-corrected chi connectivity index (χ0v) is 17.1. The second kappa shape index (κ2) is 8.38. The SMILES string of the molecule is COc1ccc(S(=O)(=O)N2CCCC2C(=O)Nc2ccc(Cl)cc2)cc1OC. The van der Waals surface area contributed by atoms with Gasteiger partial charge in [0.05, 0.1) is 19.1 Å². The number of sulfonamides is 1. The maximum atomic E-state index is 13.1. The van der Waals surface area contributed by atoms with Gasteiger partial charge in [-0.1, -0.05) is 11.6 Å². The van der Waals surface area contributed by atoms with Crippen molar-refractivity contribution in [3.8, 4) is 11.5 Å². The first-order chi connectivity index (χ1) is 13.4. The minimum atomic E-state index is -3.87. The Balaban J connectivity index is 1.84. The maximum Gasteiger partial charge on any atom is 0.243 e. The number of benzene rings is 2. The summed E-state index contributed by atoms with van der Waals surface area (Å²) in [5, 5.41) is 3.31. The maximum absolute atomic E-state index is 13.1. The highest BCUT2D eigenvalue weighted by atomic mass is 35.5. The molecule has 1 aliphatic heterocycles. The Labute approximate surface area is 169 Å². The van der Waals surface area contributed by atoms with Crippen LogP contribution in [0, 0.1) is 0 Å². The lowest BCUT2D eigenvalue weighted by Crippen LogP contribution is -2.43. The molecule has 1 amide bonds. The monoisotopic (exact) mass is 424 g/mol. The minimum absolute atomic E-state index is 0.0522. The van der Waals surface area contributed by atoms with Crippen LogP contribution in [0.4, 0.5) is 5.69 Å². The second-order valence-electron chi connectivity index (χ2n) is 6.29. The summed E-state index contributed by atoms with van der Waals surface area (Å²) < 4.78 is 37.9. The van der Waals surface area contributed by atoms with Crippen LogP contribution in [0.5, 0.6) is 11.5 Å². The molecule has 0 spiro atoms. The molecule has 0 bridgehead atoms. The van der Waals surface area contributed by atoms with Crippen molar-refractivity contribution in [2.45, 2.75) is 23.8 Å². The Morgan fingerprint density at radius 3 is 2.43 bits per heavy atom. The van der Waals surface area contributed by atoms with Gasteiger partial charge in [0, 0.05) is 23.3 Å². The molecule has 3 rings (SSSR count). The van der Waals surface area contributed by atoms with Gasteiger partial charge in [0.15, 0.2) is 11.5 Å². The molecule has 150 valence electrons. The number of carbonyl (C=O) groups excluding carboxylic acids is 1. The van der Waals surface area contributed by atoms with Crippen molar-refractivity contribution in [2.24, 2.45) is 0 Å². The number of hydrogen-bond donors (Lipinski definition) is 1. The van der Waals surface area contributed by atoms with Gasteiger partial charge in [0.2, 0.25) is 15.9 Å². The Kier molecular flexibility index (Phi) is 6.12. The molecule has 9 heteroatoms. The fraction of sp³-hybridized carbons (Fsp3) is 0.316. The Hall–Kier alpha value is -2.29. The molecule has 28 heavy (non-hydrogen) atoms. The second-order valence-corrected chi connectivity index (χ2v) is 8.61. The molecule has 2 aromatic carbocycles. The average Bonchev–Trinajstić information content (AvgIpc) is 3.20. The molecular weight excluding hydrogens is 404 g/mol. The topological polar surface area (TPSA) is 84.9 Å². The van der Waals surface area contributed by atoms with E-state index in [1.54, 1.807) is 24.3 Å². The Morgan fingerprint density at radius 1 is 1.11 bits per heavy atom. The third kappa shape index (κ3) is 4.09. The van der Waals surface area contributed by atoms with E-state index in [0.29, 0.717) is 35.1 Å². The van der Waals surface area contributed by atoms with E-state index < -0.39 is 16.1 Å². The number of hydrogen-bond acceptors (Lipinski definition) is 5. The zero-order valence-electron chi connectivity index (χ0n) is 15.5. The van der Waals surface area contributed by atoms with Crippen molar-refractivity contribution in [3.05, 3.63) is 47.5 Å². The molecule has 1 saturated heterocycles. The van der Waals surface area contributed by atoms with Gasteiger partial charge in [-0.15, -0.1) is 0 Å². The molecule has 1 N–H and O–H groups in total. The summed E-state index contributed by atoms with van der Waals surface area (Å²) in [5.41, 5.74) is 0.560. The van der Waals surface area contributed by atoms with E-state index in [1.807, 2.05) is 0 Å². The van der Waals surface area contributed by atoms with Gasteiger partial charge in [-0.25, -0.2) is 8.42 Å². The third-order valence-electron chi connectivity index (χ3n) is 4.58. The lowest BCUT2D eigenvalue weighted by Gasteiger charge is -2.24. The van der Waals surface area contributed by atoms with Crippen molar-refractivity contribution in [2.75, 3.05) is 26.1 Å². The van der Waals surface area contributed by atoms with E-state index in [9.17, 15) is 13.2 Å². The molecule has 0 aliphatic carbocycles. The predicted molar refractivity (Wildman–Crippen MR) is 107 cm³/mol. The molecule has 2 aromatic rings. The highest BCUT2D eigenvalue weighted by Crippen LogP contribution is 2.33. The van der Waals surface area contributed by atoms with Crippen molar-refractivity contribution in [3.63, 3.8) is 0 Å². The first kappa shape index (κ1) is 20.4. The number of halogens is 1. The van der Waals surface area contributed by atoms with Gasteiger partial charge in [0.1, 0.15) is 6.04 Å². The quantitative estimate of drug-likeness (QED) is 0.769. The summed E-state index contributed by atoms with van der Waals surface area (Å²) in [6, 6.07) is 10.3. The van der Waals surface area contributed by atoms with E-state index in [4.69, 9.17) is 21.1 Å². The smallest absolute Gasteiger partial charge is 0.243 e. The van der Waals surface area contributed by atoms with Crippen molar-refractivity contribution in [1.29, 1.82) is 0 Å². The van der Waals surface area contributed by atoms with E-state index in [-0.39, 0.29) is 17.3 Å². The zero-order chi connectivity index (χ0) is 20.3. The van der Waals surface area contributed by atoms with E-state index >= 15 is 0 Å². The third-order valence-corrected chi connectivity index (χ3v) is 6.74. The van der Waals surface area contributed by atoms with Crippen molar-refractivity contribution in [1.82, 2.24) is 4.31 Å². The van der Waals surface area contributed by atoms with E-state index in [2.05, 4.69) is 5.32 Å². The summed E-state index contributed by atoms with van der Waals surface area (Å²) >= 11 is 5.85. The molecule has 0 aromatic heterocycles. The van der Waals surface area contributed by atoms with Gasteiger partial charge in [-0.2, -0.15) is 4.31 Å². The van der Waals surface area contributed by atoms with Crippen LogP contribution >= 0.6 is 11.6 Å². The number of carbonyl (C=O) groups is 1. The molecule has 0 saturated carbocycles. The number of rotatable bonds is 6. The molecule has 1 aliphatic rings. The van der Waals surface area contributed by atoms with Crippen LogP contribution in [-0.2, 0) is 14.8 Å². The Bertz CT molecular complexity index is 963. The Morgan fingerprint density at radius 2 is 1.79 bits per heavy atom. The van der Waals surface area contributed by atoms with Crippen LogP contribution in [0.3, 0.4) is 0 Å². The van der Waals surface area contributed by atoms with Gasteiger partial charge >= 0.3 is 0 Å². The van der Waals surface area contributed by atoms with Crippen LogP contribution in [0.15, 0.2) is 47.4 Å². The van der Waals surface area contributed by atoms with E-state index in [0.717, 1.165) is 0 Å². The van der Waals surface area contributed by atoms with Gasteiger partial charge in [0.25, 0.3) is 0 Å². The molecular formula is C19H21ClN2O5S. The van der Waals surface area contributed by atoms with Crippen molar-refractivity contribution < 1.29 is 22.7 Å². The number of anilines is 1. The predicted octanol–water partition coefficient (Wildman–Crippen LogP) is 3.15. The molecule has 1 unspecified atom stereocenters. The number of methoxy groups -OCH3 is 2.